The van der Waals surface area contributed by atoms with Crippen molar-refractivity contribution in [2.45, 2.75) is 38.7 Å². The fraction of sp³-hybridized carbons (Fsp3) is 0.800. The Kier molecular flexibility index (Phi) is 3.64. The molecule has 0 saturated carbocycles. The summed E-state index contributed by atoms with van der Waals surface area (Å²) in [5.74, 6) is 0.844. The number of hydrogen-bond donors (Lipinski definition) is 0. The maximum atomic E-state index is 5.16. The molecule has 0 N–H and O–H groups in total. The Hall–Kier alpha value is -0.300. The van der Waals surface area contributed by atoms with E-state index in [1.165, 1.54) is 25.7 Å². The van der Waals surface area contributed by atoms with E-state index in [1.54, 1.807) is 0 Å². The predicted molar refractivity (Wildman–Crippen MR) is 47.6 cm³/mol. The van der Waals surface area contributed by atoms with Crippen LogP contribution in [0.25, 0.3) is 0 Å². The molecule has 0 radical (unpaired) electrons. The van der Waals surface area contributed by atoms with Gasteiger partial charge in [-0.3, -0.25) is 0 Å². The van der Waals surface area contributed by atoms with Crippen molar-refractivity contribution in [1.29, 1.82) is 0 Å². The van der Waals surface area contributed by atoms with Crippen LogP contribution in [-0.4, -0.2) is 12.7 Å². The molecule has 1 heterocycles. The number of ether oxygens (including phenoxy) is 1. The number of rotatable bonds is 6. The number of epoxide rings is 1. The first kappa shape index (κ1) is 8.79. The molecule has 1 nitrogen and oxygen atoms in total. The standard InChI is InChI=1S/C10H18O/c1-3-5-9(4-2)6-7-10-8-11-10/h3,9-10H,1,4-8H2,2H3. The van der Waals surface area contributed by atoms with Gasteiger partial charge in [-0.2, -0.15) is 0 Å². The molecule has 1 aliphatic rings. The monoisotopic (exact) mass is 154 g/mol. The smallest absolute Gasteiger partial charge is 0.0810 e. The van der Waals surface area contributed by atoms with Gasteiger partial charge in [-0.25, -0.2) is 0 Å². The SMILES string of the molecule is C=CCC(CC)CCC1CO1. The maximum absolute atomic E-state index is 5.16. The van der Waals surface area contributed by atoms with Gasteiger partial charge in [-0.1, -0.05) is 19.4 Å². The molecular weight excluding hydrogens is 136 g/mol. The van der Waals surface area contributed by atoms with Crippen molar-refractivity contribution < 1.29 is 4.74 Å². The third-order valence-corrected chi connectivity index (χ3v) is 2.38. The van der Waals surface area contributed by atoms with Gasteiger partial charge in [0.25, 0.3) is 0 Å². The van der Waals surface area contributed by atoms with Gasteiger partial charge in [0.05, 0.1) is 12.7 Å². The lowest BCUT2D eigenvalue weighted by Crippen LogP contribution is -1.99. The summed E-state index contributed by atoms with van der Waals surface area (Å²) < 4.78 is 5.16. The van der Waals surface area contributed by atoms with Crippen LogP contribution in [0.15, 0.2) is 12.7 Å². The van der Waals surface area contributed by atoms with Crippen molar-refractivity contribution in [1.82, 2.24) is 0 Å². The molecule has 0 aliphatic carbocycles. The highest BCUT2D eigenvalue weighted by Gasteiger charge is 2.22. The van der Waals surface area contributed by atoms with E-state index in [4.69, 9.17) is 4.74 Å². The van der Waals surface area contributed by atoms with Crippen LogP contribution in [0.4, 0.5) is 0 Å². The molecule has 2 atom stereocenters. The predicted octanol–water partition coefficient (Wildman–Crippen LogP) is 2.77. The van der Waals surface area contributed by atoms with Crippen molar-refractivity contribution in [2.24, 2.45) is 5.92 Å². The highest BCUT2D eigenvalue weighted by atomic mass is 16.6. The van der Waals surface area contributed by atoms with Crippen molar-refractivity contribution in [3.8, 4) is 0 Å². The Morgan fingerprint density at radius 3 is 2.91 bits per heavy atom. The Morgan fingerprint density at radius 2 is 2.45 bits per heavy atom. The molecule has 1 fully saturated rings. The van der Waals surface area contributed by atoms with E-state index in [0.29, 0.717) is 6.10 Å². The second-order valence-electron chi connectivity index (χ2n) is 3.33. The molecule has 64 valence electrons. The average molecular weight is 154 g/mol. The lowest BCUT2D eigenvalue weighted by molar-refractivity contribution is 0.363. The van der Waals surface area contributed by atoms with E-state index in [9.17, 15) is 0 Å². The van der Waals surface area contributed by atoms with Crippen LogP contribution in [0.5, 0.6) is 0 Å². The minimum absolute atomic E-state index is 0.605. The fourth-order valence-electron chi connectivity index (χ4n) is 1.38. The van der Waals surface area contributed by atoms with E-state index >= 15 is 0 Å². The van der Waals surface area contributed by atoms with Crippen LogP contribution in [-0.2, 0) is 4.74 Å². The molecule has 0 aromatic heterocycles. The molecule has 1 saturated heterocycles. The van der Waals surface area contributed by atoms with Gasteiger partial charge in [0, 0.05) is 0 Å². The van der Waals surface area contributed by atoms with Crippen LogP contribution in [0.1, 0.15) is 32.6 Å². The molecule has 1 aliphatic heterocycles. The van der Waals surface area contributed by atoms with E-state index in [-0.39, 0.29) is 0 Å². The zero-order valence-electron chi connectivity index (χ0n) is 7.38. The molecule has 0 bridgehead atoms. The third kappa shape index (κ3) is 3.57. The molecular formula is C10H18O. The lowest BCUT2D eigenvalue weighted by Gasteiger charge is -2.10. The first-order valence-electron chi connectivity index (χ1n) is 4.59. The first-order valence-corrected chi connectivity index (χ1v) is 4.59. The number of hydrogen-bond acceptors (Lipinski definition) is 1. The minimum atomic E-state index is 0.605. The Morgan fingerprint density at radius 1 is 1.73 bits per heavy atom. The topological polar surface area (TPSA) is 12.5 Å². The molecule has 2 unspecified atom stereocenters. The molecule has 0 amide bonds. The van der Waals surface area contributed by atoms with Crippen molar-refractivity contribution in [2.75, 3.05) is 6.61 Å². The Labute approximate surface area is 69.4 Å². The summed E-state index contributed by atoms with van der Waals surface area (Å²) in [6.07, 6.45) is 7.65. The van der Waals surface area contributed by atoms with Crippen LogP contribution in [0, 0.1) is 5.92 Å². The summed E-state index contributed by atoms with van der Waals surface area (Å²) >= 11 is 0. The quantitative estimate of drug-likeness (QED) is 0.423. The van der Waals surface area contributed by atoms with Gasteiger partial charge in [0.2, 0.25) is 0 Å². The summed E-state index contributed by atoms with van der Waals surface area (Å²) in [5, 5.41) is 0. The van der Waals surface area contributed by atoms with E-state index < -0.39 is 0 Å². The summed E-state index contributed by atoms with van der Waals surface area (Å²) in [6.45, 7) is 7.02. The Balaban J connectivity index is 2.03. The molecule has 1 heteroatoms. The molecule has 11 heavy (non-hydrogen) atoms. The number of allylic oxidation sites excluding steroid dienone is 1. The van der Waals surface area contributed by atoms with E-state index in [1.807, 2.05) is 6.08 Å². The summed E-state index contributed by atoms with van der Waals surface area (Å²) in [4.78, 5) is 0. The van der Waals surface area contributed by atoms with Crippen molar-refractivity contribution in [3.05, 3.63) is 12.7 Å². The van der Waals surface area contributed by atoms with E-state index in [2.05, 4.69) is 13.5 Å². The van der Waals surface area contributed by atoms with E-state index in [0.717, 1.165) is 12.5 Å². The average Bonchev–Trinajstić information content (AvgIpc) is 2.81. The van der Waals surface area contributed by atoms with Gasteiger partial charge in [0.1, 0.15) is 0 Å². The summed E-state index contributed by atoms with van der Waals surface area (Å²) in [5.41, 5.74) is 0. The van der Waals surface area contributed by atoms with Crippen LogP contribution < -0.4 is 0 Å². The summed E-state index contributed by atoms with van der Waals surface area (Å²) in [6, 6.07) is 0. The molecule has 0 aromatic carbocycles. The lowest BCUT2D eigenvalue weighted by atomic mass is 9.96. The fourth-order valence-corrected chi connectivity index (χ4v) is 1.38. The van der Waals surface area contributed by atoms with Gasteiger partial charge >= 0.3 is 0 Å². The Bertz CT molecular complexity index is 116. The van der Waals surface area contributed by atoms with Gasteiger partial charge < -0.3 is 4.74 Å². The zero-order valence-corrected chi connectivity index (χ0v) is 7.38. The highest BCUT2D eigenvalue weighted by Crippen LogP contribution is 2.22. The highest BCUT2D eigenvalue weighted by molar-refractivity contribution is 4.76. The largest absolute Gasteiger partial charge is 0.373 e. The molecule has 0 aromatic rings. The second kappa shape index (κ2) is 4.55. The van der Waals surface area contributed by atoms with Crippen molar-refractivity contribution in [3.63, 3.8) is 0 Å². The second-order valence-corrected chi connectivity index (χ2v) is 3.33. The van der Waals surface area contributed by atoms with Gasteiger partial charge in [0.15, 0.2) is 0 Å². The third-order valence-electron chi connectivity index (χ3n) is 2.38. The minimum Gasteiger partial charge on any atom is -0.373 e. The van der Waals surface area contributed by atoms with Crippen LogP contribution in [0.2, 0.25) is 0 Å². The molecule has 0 spiro atoms. The van der Waals surface area contributed by atoms with Crippen molar-refractivity contribution >= 4 is 0 Å². The zero-order chi connectivity index (χ0) is 8.10. The first-order chi connectivity index (χ1) is 5.36. The maximum Gasteiger partial charge on any atom is 0.0810 e. The van der Waals surface area contributed by atoms with Crippen LogP contribution in [0.3, 0.4) is 0 Å². The molecule has 1 rings (SSSR count). The van der Waals surface area contributed by atoms with Crippen LogP contribution >= 0.6 is 0 Å². The normalized spacial score (nSPS) is 24.6. The van der Waals surface area contributed by atoms with Gasteiger partial charge in [-0.05, 0) is 25.2 Å². The summed E-state index contributed by atoms with van der Waals surface area (Å²) in [7, 11) is 0. The van der Waals surface area contributed by atoms with Gasteiger partial charge in [-0.15, -0.1) is 6.58 Å².